The van der Waals surface area contributed by atoms with Crippen LogP contribution in [0.15, 0.2) is 78.9 Å². The molecule has 1 amide bonds. The van der Waals surface area contributed by atoms with Gasteiger partial charge in [0.25, 0.3) is 0 Å². The van der Waals surface area contributed by atoms with Crippen molar-refractivity contribution in [1.82, 2.24) is 15.3 Å². The fourth-order valence-corrected chi connectivity index (χ4v) is 4.21. The number of aromatic amines is 1. The zero-order valence-electron chi connectivity index (χ0n) is 20.1. The zero-order chi connectivity index (χ0) is 26.9. The van der Waals surface area contributed by atoms with Gasteiger partial charge < -0.3 is 20.1 Å². The summed E-state index contributed by atoms with van der Waals surface area (Å²) in [5.74, 6) is -0.105. The molecule has 9 heteroatoms. The number of halogens is 3. The first-order valence-electron chi connectivity index (χ1n) is 11.6. The number of phenolic OH excluding ortho intramolecular Hbond substituents is 1. The Balaban J connectivity index is 1.43. The van der Waals surface area contributed by atoms with Crippen LogP contribution in [0.4, 0.5) is 13.2 Å². The Morgan fingerprint density at radius 2 is 1.82 bits per heavy atom. The van der Waals surface area contributed by atoms with Crippen LogP contribution >= 0.6 is 0 Å². The molecular formula is C29H22F3N3O3. The van der Waals surface area contributed by atoms with Crippen LogP contribution in [-0.2, 0) is 17.5 Å². The van der Waals surface area contributed by atoms with Crippen molar-refractivity contribution < 1.29 is 27.8 Å². The maximum absolute atomic E-state index is 12.7. The Morgan fingerprint density at radius 3 is 2.55 bits per heavy atom. The van der Waals surface area contributed by atoms with Gasteiger partial charge in [-0.05, 0) is 54.1 Å². The smallest absolute Gasteiger partial charge is 0.416 e. The van der Waals surface area contributed by atoms with Gasteiger partial charge in [0.1, 0.15) is 0 Å². The number of phenols is 1. The van der Waals surface area contributed by atoms with E-state index in [1.165, 1.54) is 37.5 Å². The van der Waals surface area contributed by atoms with Crippen molar-refractivity contribution in [2.45, 2.75) is 12.7 Å². The molecule has 0 radical (unpaired) electrons. The Hall–Kier alpha value is -4.79. The van der Waals surface area contributed by atoms with Crippen molar-refractivity contribution in [2.24, 2.45) is 0 Å². The van der Waals surface area contributed by atoms with E-state index in [-0.39, 0.29) is 12.3 Å². The molecule has 2 aromatic heterocycles. The predicted octanol–water partition coefficient (Wildman–Crippen LogP) is 6.45. The number of carbonyl (C=O) groups is 1. The Kier molecular flexibility index (Phi) is 6.50. The molecule has 0 bridgehead atoms. The molecule has 5 aromatic rings. The van der Waals surface area contributed by atoms with E-state index in [1.54, 1.807) is 12.1 Å². The van der Waals surface area contributed by atoms with Gasteiger partial charge in [-0.3, -0.25) is 4.79 Å². The van der Waals surface area contributed by atoms with E-state index < -0.39 is 17.6 Å². The van der Waals surface area contributed by atoms with E-state index in [4.69, 9.17) is 9.72 Å². The number of ether oxygens (including phenoxy) is 1. The number of pyridine rings is 1. The number of alkyl halides is 3. The number of fused-ring (bicyclic) bond motifs is 3. The monoisotopic (exact) mass is 517 g/mol. The Labute approximate surface area is 215 Å². The molecule has 0 aliphatic heterocycles. The highest BCUT2D eigenvalue weighted by molar-refractivity contribution is 6.11. The van der Waals surface area contributed by atoms with E-state index in [2.05, 4.69) is 10.3 Å². The van der Waals surface area contributed by atoms with Crippen LogP contribution in [0.25, 0.3) is 39.1 Å². The first-order valence-corrected chi connectivity index (χ1v) is 11.6. The molecule has 0 fully saturated rings. The molecular weight excluding hydrogens is 495 g/mol. The average Bonchev–Trinajstić information content (AvgIpc) is 3.29. The van der Waals surface area contributed by atoms with Crippen molar-refractivity contribution in [3.8, 4) is 22.8 Å². The van der Waals surface area contributed by atoms with Gasteiger partial charge in [-0.15, -0.1) is 0 Å². The van der Waals surface area contributed by atoms with E-state index in [9.17, 15) is 23.1 Å². The number of hydrogen-bond donors (Lipinski definition) is 3. The Morgan fingerprint density at radius 1 is 1.05 bits per heavy atom. The minimum Gasteiger partial charge on any atom is -0.504 e. The van der Waals surface area contributed by atoms with Crippen LogP contribution in [0.2, 0.25) is 0 Å². The first-order chi connectivity index (χ1) is 18.2. The normalized spacial score (nSPS) is 11.9. The highest BCUT2D eigenvalue weighted by Gasteiger charge is 2.29. The van der Waals surface area contributed by atoms with Crippen molar-refractivity contribution in [3.63, 3.8) is 0 Å². The van der Waals surface area contributed by atoms with Gasteiger partial charge >= 0.3 is 6.18 Å². The van der Waals surface area contributed by atoms with Crippen LogP contribution < -0.4 is 10.1 Å². The van der Waals surface area contributed by atoms with Crippen molar-refractivity contribution in [1.29, 1.82) is 0 Å². The second-order valence-corrected chi connectivity index (χ2v) is 8.61. The molecule has 3 N–H and O–H groups in total. The number of aromatic nitrogens is 2. The number of rotatable bonds is 6. The van der Waals surface area contributed by atoms with Crippen molar-refractivity contribution in [2.75, 3.05) is 7.11 Å². The lowest BCUT2D eigenvalue weighted by atomic mass is 10.1. The quantitative estimate of drug-likeness (QED) is 0.226. The summed E-state index contributed by atoms with van der Waals surface area (Å²) in [7, 11) is 1.47. The van der Waals surface area contributed by atoms with E-state index >= 15 is 0 Å². The number of carbonyl (C=O) groups excluding carboxylic acids is 1. The number of H-pyrrole nitrogens is 1. The predicted molar refractivity (Wildman–Crippen MR) is 140 cm³/mol. The summed E-state index contributed by atoms with van der Waals surface area (Å²) in [5, 5.41) is 14.7. The van der Waals surface area contributed by atoms with Crippen molar-refractivity contribution in [3.05, 3.63) is 95.7 Å². The topological polar surface area (TPSA) is 87.2 Å². The highest BCUT2D eigenvalue weighted by atomic mass is 19.4. The molecule has 192 valence electrons. The second-order valence-electron chi connectivity index (χ2n) is 8.61. The maximum atomic E-state index is 12.7. The summed E-state index contributed by atoms with van der Waals surface area (Å²) in [6, 6.07) is 19.2. The number of amides is 1. The fraction of sp³-hybridized carbons (Fsp3) is 0.103. The van der Waals surface area contributed by atoms with Gasteiger partial charge in [-0.1, -0.05) is 30.3 Å². The van der Waals surface area contributed by atoms with Crippen LogP contribution in [0, 0.1) is 0 Å². The van der Waals surface area contributed by atoms with E-state index in [0.29, 0.717) is 28.3 Å². The number of aromatic hydroxyl groups is 1. The molecule has 0 unspecified atom stereocenters. The third-order valence-corrected chi connectivity index (χ3v) is 6.11. The first kappa shape index (κ1) is 24.9. The maximum Gasteiger partial charge on any atom is 0.416 e. The molecule has 0 saturated carbocycles. The van der Waals surface area contributed by atoms with Gasteiger partial charge in [0.2, 0.25) is 5.91 Å². The molecule has 6 nitrogen and oxygen atoms in total. The molecule has 5 rings (SSSR count). The van der Waals surface area contributed by atoms with Crippen molar-refractivity contribution >= 4 is 33.8 Å². The Bertz CT molecular complexity index is 1670. The molecule has 0 atom stereocenters. The molecule has 38 heavy (non-hydrogen) atoms. The second kappa shape index (κ2) is 9.93. The highest BCUT2D eigenvalue weighted by Crippen LogP contribution is 2.36. The number of methoxy groups -OCH3 is 1. The molecule has 0 aliphatic carbocycles. The van der Waals surface area contributed by atoms with Crippen LogP contribution in [-0.4, -0.2) is 28.1 Å². The number of nitrogens with zero attached hydrogens (tertiary/aromatic N) is 1. The molecule has 0 saturated heterocycles. The lowest BCUT2D eigenvalue weighted by Crippen LogP contribution is -2.21. The molecule has 2 heterocycles. The van der Waals surface area contributed by atoms with Gasteiger partial charge in [-0.25, -0.2) is 4.98 Å². The molecule has 0 spiro atoms. The van der Waals surface area contributed by atoms with E-state index in [0.717, 1.165) is 33.9 Å². The number of nitrogens with one attached hydrogen (secondary N) is 2. The summed E-state index contributed by atoms with van der Waals surface area (Å²) in [4.78, 5) is 20.6. The van der Waals surface area contributed by atoms with Crippen LogP contribution in [0.1, 0.15) is 16.8 Å². The summed E-state index contributed by atoms with van der Waals surface area (Å²) in [6.45, 7) is 0.119. The lowest BCUT2D eigenvalue weighted by Gasteiger charge is -2.10. The van der Waals surface area contributed by atoms with Crippen LogP contribution in [0.3, 0.4) is 0 Å². The average molecular weight is 518 g/mol. The number of hydrogen-bond acceptors (Lipinski definition) is 4. The summed E-state index contributed by atoms with van der Waals surface area (Å²) in [6.07, 6.45) is -1.71. The van der Waals surface area contributed by atoms with Gasteiger partial charge in [0, 0.05) is 27.9 Å². The summed E-state index contributed by atoms with van der Waals surface area (Å²) in [5.41, 5.74) is 3.39. The SMILES string of the molecule is COc1cc(-c2nc(CNC(=O)/C=C/c3ccc(C(F)(F)F)cc3)cc3c2[nH]c2ccccc23)ccc1O. The fourth-order valence-electron chi connectivity index (χ4n) is 4.21. The number of para-hydroxylation sites is 1. The minimum atomic E-state index is -4.41. The largest absolute Gasteiger partial charge is 0.504 e. The third-order valence-electron chi connectivity index (χ3n) is 6.11. The summed E-state index contributed by atoms with van der Waals surface area (Å²) >= 11 is 0. The van der Waals surface area contributed by atoms with Gasteiger partial charge in [0.15, 0.2) is 11.5 Å². The molecule has 3 aromatic carbocycles. The minimum absolute atomic E-state index is 0.00684. The van der Waals surface area contributed by atoms with E-state index in [1.807, 2.05) is 30.3 Å². The van der Waals surface area contributed by atoms with Gasteiger partial charge in [0.05, 0.1) is 36.1 Å². The summed E-state index contributed by atoms with van der Waals surface area (Å²) < 4.78 is 43.5. The van der Waals surface area contributed by atoms with Crippen LogP contribution in [0.5, 0.6) is 11.5 Å². The molecule has 0 aliphatic rings. The lowest BCUT2D eigenvalue weighted by molar-refractivity contribution is -0.137. The third kappa shape index (κ3) is 5.04. The zero-order valence-corrected chi connectivity index (χ0v) is 20.1. The number of benzene rings is 3. The van der Waals surface area contributed by atoms with Gasteiger partial charge in [-0.2, -0.15) is 13.2 Å². The standard InChI is InChI=1S/C29H22F3N3O3/c1-38-25-14-18(9-12-24(25)36)27-28-22(21-4-2-3-5-23(21)35-28)15-20(34-27)16-33-26(37)13-8-17-6-10-19(11-7-17)29(30,31)32/h2-15,35-36H,16H2,1H3,(H,33,37)/b13-8+.